The van der Waals surface area contributed by atoms with E-state index in [-0.39, 0.29) is 11.1 Å². The fourth-order valence-electron chi connectivity index (χ4n) is 1.92. The lowest BCUT2D eigenvalue weighted by Crippen LogP contribution is -2.21. The first-order valence-electron chi connectivity index (χ1n) is 6.67. The highest BCUT2D eigenvalue weighted by molar-refractivity contribution is 6.33. The molecule has 21 heavy (non-hydrogen) atoms. The molecule has 0 aliphatic carbocycles. The monoisotopic (exact) mass is 327 g/mol. The predicted octanol–water partition coefficient (Wildman–Crippen LogP) is 5.20. The van der Waals surface area contributed by atoms with Gasteiger partial charge in [0.1, 0.15) is 17.3 Å². The molecule has 0 aliphatic heterocycles. The average Bonchev–Trinajstić information content (AvgIpc) is 2.44. The van der Waals surface area contributed by atoms with E-state index in [0.29, 0.717) is 22.9 Å². The third-order valence-electron chi connectivity index (χ3n) is 3.16. The molecule has 0 amide bonds. The van der Waals surface area contributed by atoms with Gasteiger partial charge in [-0.25, -0.2) is 4.39 Å². The number of nitrogens with two attached hydrogens (primary N) is 1. The molecule has 0 heterocycles. The van der Waals surface area contributed by atoms with Gasteiger partial charge in [-0.1, -0.05) is 42.3 Å². The third-order valence-corrected chi connectivity index (χ3v) is 3.75. The van der Waals surface area contributed by atoms with E-state index in [2.05, 4.69) is 0 Å². The number of hydrogen-bond acceptors (Lipinski definition) is 2. The Labute approximate surface area is 133 Å². The molecule has 0 radical (unpaired) electrons. The Hall–Kier alpha value is -1.29. The van der Waals surface area contributed by atoms with Crippen LogP contribution in [0.4, 0.5) is 4.39 Å². The van der Waals surface area contributed by atoms with E-state index < -0.39 is 5.82 Å². The van der Waals surface area contributed by atoms with Crippen molar-refractivity contribution in [3.05, 3.63) is 57.8 Å². The predicted molar refractivity (Wildman–Crippen MR) is 84.9 cm³/mol. The highest BCUT2D eigenvalue weighted by Crippen LogP contribution is 2.36. The van der Waals surface area contributed by atoms with Gasteiger partial charge in [-0.3, -0.25) is 0 Å². The molecule has 5 heteroatoms. The van der Waals surface area contributed by atoms with Crippen molar-refractivity contribution >= 4 is 23.2 Å². The van der Waals surface area contributed by atoms with Gasteiger partial charge in [0.2, 0.25) is 0 Å². The normalized spacial score (nSPS) is 12.2. The molecule has 2 aromatic carbocycles. The first kappa shape index (κ1) is 16.1. The van der Waals surface area contributed by atoms with Crippen LogP contribution in [-0.4, -0.2) is 6.04 Å². The number of hydrogen-bond donors (Lipinski definition) is 1. The number of ether oxygens (including phenoxy) is 1. The second-order valence-electron chi connectivity index (χ2n) is 4.78. The van der Waals surface area contributed by atoms with Crippen molar-refractivity contribution in [3.63, 3.8) is 0 Å². The van der Waals surface area contributed by atoms with Crippen molar-refractivity contribution in [2.24, 2.45) is 5.73 Å². The molecule has 0 saturated carbocycles. The summed E-state index contributed by atoms with van der Waals surface area (Å²) in [5, 5.41) is 0.664. The lowest BCUT2D eigenvalue weighted by atomic mass is 10.0. The second-order valence-corrected chi connectivity index (χ2v) is 5.59. The van der Waals surface area contributed by atoms with Crippen LogP contribution in [0.15, 0.2) is 36.4 Å². The van der Waals surface area contributed by atoms with Gasteiger partial charge in [0, 0.05) is 6.04 Å². The smallest absolute Gasteiger partial charge is 0.149 e. The number of rotatable bonds is 5. The zero-order valence-corrected chi connectivity index (χ0v) is 13.1. The SMILES string of the molecule is CCC(N)Cc1cccc(Cl)c1Oc1ccc(F)cc1Cl. The van der Waals surface area contributed by atoms with Crippen LogP contribution < -0.4 is 10.5 Å². The molecule has 2 N–H and O–H groups in total. The molecule has 1 atom stereocenters. The summed E-state index contributed by atoms with van der Waals surface area (Å²) >= 11 is 12.2. The molecule has 0 aromatic heterocycles. The maximum Gasteiger partial charge on any atom is 0.149 e. The van der Waals surface area contributed by atoms with E-state index in [1.54, 1.807) is 6.07 Å². The molecule has 2 nitrogen and oxygen atoms in total. The topological polar surface area (TPSA) is 35.2 Å². The Kier molecular flexibility index (Phi) is 5.45. The molecule has 2 aromatic rings. The van der Waals surface area contributed by atoms with E-state index in [1.165, 1.54) is 18.2 Å². The molecule has 0 aliphatic rings. The summed E-state index contributed by atoms with van der Waals surface area (Å²) in [5.74, 6) is 0.453. The van der Waals surface area contributed by atoms with E-state index in [9.17, 15) is 4.39 Å². The average molecular weight is 328 g/mol. The van der Waals surface area contributed by atoms with E-state index in [0.717, 1.165) is 12.0 Å². The maximum absolute atomic E-state index is 13.1. The molecule has 0 spiro atoms. The summed E-state index contributed by atoms with van der Waals surface area (Å²) in [5.41, 5.74) is 6.89. The van der Waals surface area contributed by atoms with Crippen molar-refractivity contribution in [3.8, 4) is 11.5 Å². The summed E-state index contributed by atoms with van der Waals surface area (Å²) in [6, 6.07) is 9.47. The molecule has 112 valence electrons. The largest absolute Gasteiger partial charge is 0.454 e. The first-order chi connectivity index (χ1) is 10.0. The van der Waals surface area contributed by atoms with Gasteiger partial charge in [0.25, 0.3) is 0 Å². The quantitative estimate of drug-likeness (QED) is 0.818. The first-order valence-corrected chi connectivity index (χ1v) is 7.42. The fourth-order valence-corrected chi connectivity index (χ4v) is 2.36. The molecule has 0 saturated heterocycles. The van der Waals surface area contributed by atoms with Crippen molar-refractivity contribution in [2.75, 3.05) is 0 Å². The molecule has 2 rings (SSSR count). The van der Waals surface area contributed by atoms with Crippen LogP contribution in [0.25, 0.3) is 0 Å². The van der Waals surface area contributed by atoms with Gasteiger partial charge in [-0.15, -0.1) is 0 Å². The highest BCUT2D eigenvalue weighted by Gasteiger charge is 2.14. The van der Waals surface area contributed by atoms with Gasteiger partial charge in [-0.05, 0) is 42.7 Å². The minimum atomic E-state index is -0.417. The summed E-state index contributed by atoms with van der Waals surface area (Å²) in [4.78, 5) is 0. The Morgan fingerprint density at radius 3 is 2.62 bits per heavy atom. The fraction of sp³-hybridized carbons (Fsp3) is 0.250. The van der Waals surface area contributed by atoms with Crippen LogP contribution in [0.2, 0.25) is 10.0 Å². The van der Waals surface area contributed by atoms with Crippen LogP contribution in [0.3, 0.4) is 0 Å². The lowest BCUT2D eigenvalue weighted by Gasteiger charge is -2.16. The standard InChI is InChI=1S/C16H16Cl2FNO/c1-2-12(20)8-10-4-3-5-13(17)16(10)21-15-7-6-11(19)9-14(15)18/h3-7,9,12H,2,8,20H2,1H3. The Morgan fingerprint density at radius 2 is 1.95 bits per heavy atom. The van der Waals surface area contributed by atoms with Gasteiger partial charge < -0.3 is 10.5 Å². The van der Waals surface area contributed by atoms with E-state index >= 15 is 0 Å². The van der Waals surface area contributed by atoms with Crippen LogP contribution in [0, 0.1) is 5.82 Å². The van der Waals surface area contributed by atoms with Crippen molar-refractivity contribution in [1.82, 2.24) is 0 Å². The summed E-state index contributed by atoms with van der Waals surface area (Å²) in [6.07, 6.45) is 1.49. The zero-order valence-electron chi connectivity index (χ0n) is 11.6. The van der Waals surface area contributed by atoms with E-state index in [4.69, 9.17) is 33.7 Å². The summed E-state index contributed by atoms with van der Waals surface area (Å²) < 4.78 is 18.9. The highest BCUT2D eigenvalue weighted by atomic mass is 35.5. The molecular formula is C16H16Cl2FNO. The minimum absolute atomic E-state index is 0.0227. The Balaban J connectivity index is 2.34. The third kappa shape index (κ3) is 4.10. The number of para-hydroxylation sites is 1. The molecule has 0 bridgehead atoms. The van der Waals surface area contributed by atoms with Crippen LogP contribution in [0.5, 0.6) is 11.5 Å². The number of halogens is 3. The van der Waals surface area contributed by atoms with Gasteiger partial charge in [0.05, 0.1) is 10.0 Å². The van der Waals surface area contributed by atoms with Gasteiger partial charge >= 0.3 is 0 Å². The summed E-state index contributed by atoms with van der Waals surface area (Å²) in [6.45, 7) is 2.02. The molecular weight excluding hydrogens is 312 g/mol. The number of benzene rings is 2. The minimum Gasteiger partial charge on any atom is -0.454 e. The molecule has 0 fully saturated rings. The lowest BCUT2D eigenvalue weighted by molar-refractivity contribution is 0.471. The zero-order chi connectivity index (χ0) is 15.4. The second kappa shape index (κ2) is 7.12. The Morgan fingerprint density at radius 1 is 1.19 bits per heavy atom. The van der Waals surface area contributed by atoms with Crippen LogP contribution in [-0.2, 0) is 6.42 Å². The van der Waals surface area contributed by atoms with Gasteiger partial charge in [0.15, 0.2) is 0 Å². The van der Waals surface area contributed by atoms with Crippen molar-refractivity contribution in [2.45, 2.75) is 25.8 Å². The van der Waals surface area contributed by atoms with E-state index in [1.807, 2.05) is 19.1 Å². The van der Waals surface area contributed by atoms with Crippen molar-refractivity contribution in [1.29, 1.82) is 0 Å². The Bertz CT molecular complexity index is 634. The summed E-state index contributed by atoms with van der Waals surface area (Å²) in [7, 11) is 0. The van der Waals surface area contributed by atoms with Crippen molar-refractivity contribution < 1.29 is 9.13 Å². The maximum atomic E-state index is 13.1. The van der Waals surface area contributed by atoms with Crippen LogP contribution >= 0.6 is 23.2 Å². The molecule has 1 unspecified atom stereocenters. The van der Waals surface area contributed by atoms with Crippen LogP contribution in [0.1, 0.15) is 18.9 Å². The van der Waals surface area contributed by atoms with Gasteiger partial charge in [-0.2, -0.15) is 0 Å².